The van der Waals surface area contributed by atoms with E-state index >= 15 is 0 Å². The first-order valence-electron chi connectivity index (χ1n) is 8.33. The summed E-state index contributed by atoms with van der Waals surface area (Å²) in [6.07, 6.45) is 5.73. The molecule has 2 fully saturated rings. The second-order valence-corrected chi connectivity index (χ2v) is 6.75. The highest BCUT2D eigenvalue weighted by Crippen LogP contribution is 2.32. The van der Waals surface area contributed by atoms with Gasteiger partial charge in [-0.3, -0.25) is 0 Å². The molecule has 1 atom stereocenters. The predicted molar refractivity (Wildman–Crippen MR) is 85.3 cm³/mol. The highest BCUT2D eigenvalue weighted by Gasteiger charge is 2.27. The van der Waals surface area contributed by atoms with Gasteiger partial charge in [0.05, 0.1) is 0 Å². The highest BCUT2D eigenvalue weighted by molar-refractivity contribution is 5.74. The summed E-state index contributed by atoms with van der Waals surface area (Å²) in [7, 11) is 0. The van der Waals surface area contributed by atoms with Crippen LogP contribution in [0.2, 0.25) is 0 Å². The van der Waals surface area contributed by atoms with E-state index in [1.807, 2.05) is 4.90 Å². The van der Waals surface area contributed by atoms with Crippen LogP contribution in [0.1, 0.15) is 50.5 Å². The lowest BCUT2D eigenvalue weighted by Crippen LogP contribution is -2.45. The Hall–Kier alpha value is -1.51. The Kier molecular flexibility index (Phi) is 4.47. The lowest BCUT2D eigenvalue weighted by Gasteiger charge is -2.30. The molecule has 0 bridgehead atoms. The molecular weight excluding hydrogens is 260 g/mol. The smallest absolute Gasteiger partial charge is 0.317 e. The van der Waals surface area contributed by atoms with Crippen LogP contribution in [0.25, 0.3) is 0 Å². The average molecular weight is 286 g/mol. The molecule has 1 heterocycles. The van der Waals surface area contributed by atoms with E-state index in [4.69, 9.17) is 0 Å². The standard InChI is InChI=1S/C18H26N2O/c1-14-11-12-20(13-14)18(21)19-17-9-7-16(8-10-17)15-5-3-2-4-6-15/h2-6,14,16-17H,7-13H2,1H3,(H,19,21). The summed E-state index contributed by atoms with van der Waals surface area (Å²) in [6.45, 7) is 4.07. The lowest BCUT2D eigenvalue weighted by molar-refractivity contribution is 0.198. The molecule has 0 aromatic heterocycles. The summed E-state index contributed by atoms with van der Waals surface area (Å²) >= 11 is 0. The second kappa shape index (κ2) is 6.50. The zero-order valence-corrected chi connectivity index (χ0v) is 12.9. The van der Waals surface area contributed by atoms with Crippen molar-refractivity contribution in [2.45, 2.75) is 51.0 Å². The molecule has 1 aromatic rings. The molecule has 1 aliphatic heterocycles. The molecule has 114 valence electrons. The third-order valence-electron chi connectivity index (χ3n) is 5.04. The third-order valence-corrected chi connectivity index (χ3v) is 5.04. The van der Waals surface area contributed by atoms with E-state index in [9.17, 15) is 4.79 Å². The van der Waals surface area contributed by atoms with Crippen LogP contribution in [-0.2, 0) is 0 Å². The van der Waals surface area contributed by atoms with Crippen LogP contribution < -0.4 is 5.32 Å². The van der Waals surface area contributed by atoms with Gasteiger partial charge in [-0.1, -0.05) is 37.3 Å². The summed E-state index contributed by atoms with van der Waals surface area (Å²) in [4.78, 5) is 14.2. The first-order valence-corrected chi connectivity index (χ1v) is 8.33. The summed E-state index contributed by atoms with van der Waals surface area (Å²) in [6, 6.07) is 11.3. The Balaban J connectivity index is 1.47. The number of nitrogens with zero attached hydrogens (tertiary/aromatic N) is 1. The van der Waals surface area contributed by atoms with Gasteiger partial charge in [0, 0.05) is 19.1 Å². The van der Waals surface area contributed by atoms with Gasteiger partial charge in [-0.05, 0) is 49.5 Å². The molecule has 1 aromatic carbocycles. The zero-order chi connectivity index (χ0) is 14.7. The fraction of sp³-hybridized carbons (Fsp3) is 0.611. The van der Waals surface area contributed by atoms with Crippen molar-refractivity contribution in [2.24, 2.45) is 5.92 Å². The maximum atomic E-state index is 12.2. The van der Waals surface area contributed by atoms with E-state index in [0.29, 0.717) is 17.9 Å². The normalized spacial score (nSPS) is 29.4. The van der Waals surface area contributed by atoms with Crippen molar-refractivity contribution in [3.8, 4) is 0 Å². The first kappa shape index (κ1) is 14.4. The van der Waals surface area contributed by atoms with Crippen molar-refractivity contribution in [3.05, 3.63) is 35.9 Å². The minimum Gasteiger partial charge on any atom is -0.335 e. The number of benzene rings is 1. The monoisotopic (exact) mass is 286 g/mol. The van der Waals surface area contributed by atoms with Gasteiger partial charge in [0.25, 0.3) is 0 Å². The van der Waals surface area contributed by atoms with Crippen LogP contribution in [0.5, 0.6) is 0 Å². The highest BCUT2D eigenvalue weighted by atomic mass is 16.2. The quantitative estimate of drug-likeness (QED) is 0.882. The van der Waals surface area contributed by atoms with Gasteiger partial charge in [0.1, 0.15) is 0 Å². The molecule has 1 N–H and O–H groups in total. The van der Waals surface area contributed by atoms with Crippen molar-refractivity contribution in [3.63, 3.8) is 0 Å². The number of carbonyl (C=O) groups excluding carboxylic acids is 1. The van der Waals surface area contributed by atoms with Crippen molar-refractivity contribution >= 4 is 6.03 Å². The van der Waals surface area contributed by atoms with E-state index in [2.05, 4.69) is 42.6 Å². The fourth-order valence-electron chi connectivity index (χ4n) is 3.68. The molecule has 2 aliphatic rings. The number of nitrogens with one attached hydrogen (secondary N) is 1. The van der Waals surface area contributed by atoms with E-state index in [1.54, 1.807) is 0 Å². The minimum absolute atomic E-state index is 0.155. The van der Waals surface area contributed by atoms with Crippen LogP contribution in [-0.4, -0.2) is 30.1 Å². The van der Waals surface area contributed by atoms with Crippen LogP contribution in [0, 0.1) is 5.92 Å². The number of amides is 2. The molecule has 3 nitrogen and oxygen atoms in total. The Morgan fingerprint density at radius 1 is 1.10 bits per heavy atom. The van der Waals surface area contributed by atoms with Gasteiger partial charge in [0.15, 0.2) is 0 Å². The van der Waals surface area contributed by atoms with E-state index < -0.39 is 0 Å². The maximum absolute atomic E-state index is 12.2. The number of likely N-dealkylation sites (tertiary alicyclic amines) is 1. The Morgan fingerprint density at radius 3 is 2.43 bits per heavy atom. The topological polar surface area (TPSA) is 32.3 Å². The number of urea groups is 1. The first-order chi connectivity index (χ1) is 10.2. The van der Waals surface area contributed by atoms with Crippen molar-refractivity contribution in [1.82, 2.24) is 10.2 Å². The summed E-state index contributed by atoms with van der Waals surface area (Å²) in [5.74, 6) is 1.33. The Labute approximate surface area is 127 Å². The predicted octanol–water partition coefficient (Wildman–Crippen LogP) is 3.76. The SMILES string of the molecule is CC1CCN(C(=O)NC2CCC(c3ccccc3)CC2)C1. The molecule has 1 aliphatic carbocycles. The van der Waals surface area contributed by atoms with Gasteiger partial charge in [-0.25, -0.2) is 4.79 Å². The largest absolute Gasteiger partial charge is 0.335 e. The molecule has 1 saturated heterocycles. The van der Waals surface area contributed by atoms with E-state index in [-0.39, 0.29) is 6.03 Å². The molecule has 2 amide bonds. The third kappa shape index (κ3) is 3.58. The number of rotatable bonds is 2. The molecule has 0 radical (unpaired) electrons. The summed E-state index contributed by atoms with van der Waals surface area (Å²) < 4.78 is 0. The number of hydrogen-bond donors (Lipinski definition) is 1. The second-order valence-electron chi connectivity index (χ2n) is 6.75. The number of hydrogen-bond acceptors (Lipinski definition) is 1. The van der Waals surface area contributed by atoms with Crippen molar-refractivity contribution < 1.29 is 4.79 Å². The van der Waals surface area contributed by atoms with Crippen LogP contribution >= 0.6 is 0 Å². The average Bonchev–Trinajstić information content (AvgIpc) is 2.96. The van der Waals surface area contributed by atoms with Crippen LogP contribution in [0.15, 0.2) is 30.3 Å². The van der Waals surface area contributed by atoms with Gasteiger partial charge in [-0.2, -0.15) is 0 Å². The molecule has 0 spiro atoms. The molecule has 3 heteroatoms. The van der Waals surface area contributed by atoms with Gasteiger partial charge in [0.2, 0.25) is 0 Å². The maximum Gasteiger partial charge on any atom is 0.317 e. The van der Waals surface area contributed by atoms with E-state index in [0.717, 1.165) is 32.4 Å². The fourth-order valence-corrected chi connectivity index (χ4v) is 3.68. The summed E-state index contributed by atoms with van der Waals surface area (Å²) in [5, 5.41) is 3.24. The molecule has 1 saturated carbocycles. The van der Waals surface area contributed by atoms with Crippen LogP contribution in [0.4, 0.5) is 4.79 Å². The Morgan fingerprint density at radius 2 is 1.81 bits per heavy atom. The summed E-state index contributed by atoms with van der Waals surface area (Å²) in [5.41, 5.74) is 1.45. The molecule has 1 unspecified atom stereocenters. The van der Waals surface area contributed by atoms with Gasteiger partial charge in [-0.15, -0.1) is 0 Å². The minimum atomic E-state index is 0.155. The van der Waals surface area contributed by atoms with Gasteiger partial charge >= 0.3 is 6.03 Å². The zero-order valence-electron chi connectivity index (χ0n) is 12.9. The molecular formula is C18H26N2O. The molecule has 3 rings (SSSR count). The van der Waals surface area contributed by atoms with E-state index in [1.165, 1.54) is 18.4 Å². The van der Waals surface area contributed by atoms with Crippen molar-refractivity contribution in [2.75, 3.05) is 13.1 Å². The van der Waals surface area contributed by atoms with Crippen LogP contribution in [0.3, 0.4) is 0 Å². The van der Waals surface area contributed by atoms with Crippen molar-refractivity contribution in [1.29, 1.82) is 0 Å². The van der Waals surface area contributed by atoms with Gasteiger partial charge < -0.3 is 10.2 Å². The number of carbonyl (C=O) groups is 1. The molecule has 21 heavy (non-hydrogen) atoms. The Bertz CT molecular complexity index is 465. The lowest BCUT2D eigenvalue weighted by atomic mass is 9.82.